The topological polar surface area (TPSA) is 60.7 Å². The number of rotatable bonds is 11. The van der Waals surface area contributed by atoms with Crippen LogP contribution < -0.4 is 0 Å². The van der Waals surface area contributed by atoms with Crippen molar-refractivity contribution in [2.45, 2.75) is 293 Å². The molecule has 0 aromatic carbocycles. The molecule has 0 saturated heterocycles. The summed E-state index contributed by atoms with van der Waals surface area (Å²) in [6.45, 7) is 78.8. The van der Waals surface area contributed by atoms with E-state index in [1.54, 1.807) is 0 Å². The number of hydrogen-bond donors (Lipinski definition) is 3. The third kappa shape index (κ3) is 37.5. The number of aliphatic hydroxyl groups is 3. The van der Waals surface area contributed by atoms with Crippen molar-refractivity contribution >= 4 is 0 Å². The summed E-state index contributed by atoms with van der Waals surface area (Å²) in [4.78, 5) is 0. The molecule has 0 aliphatic rings. The summed E-state index contributed by atoms with van der Waals surface area (Å²) >= 11 is 0. The smallest absolute Gasteiger partial charge is 0.0550 e. The van der Waals surface area contributed by atoms with Crippen LogP contribution in [0.25, 0.3) is 0 Å². The lowest BCUT2D eigenvalue weighted by Gasteiger charge is -2.55. The predicted octanol–water partition coefficient (Wildman–Crippen LogP) is 19.1. The zero-order valence-corrected chi connectivity index (χ0v) is 50.6. The van der Waals surface area contributed by atoms with Crippen molar-refractivity contribution in [1.82, 2.24) is 0 Å². The number of aliphatic hydroxyl groups excluding tert-OH is 3. The highest BCUT2D eigenvalue weighted by Gasteiger charge is 2.49. The molecule has 0 aliphatic heterocycles. The van der Waals surface area contributed by atoms with Gasteiger partial charge in [-0.2, -0.15) is 0 Å². The molecule has 0 atom stereocenters. The van der Waals surface area contributed by atoms with Gasteiger partial charge in [-0.3, -0.25) is 0 Å². The van der Waals surface area contributed by atoms with Crippen LogP contribution in [0.2, 0.25) is 0 Å². The average Bonchev–Trinajstić information content (AvgIpc) is 2.87. The van der Waals surface area contributed by atoms with Gasteiger partial charge < -0.3 is 15.3 Å². The molecule has 0 heterocycles. The molecule has 0 spiro atoms. The second-order valence-corrected chi connectivity index (χ2v) is 34.0. The Kier molecular flexibility index (Phi) is 26.9. The van der Waals surface area contributed by atoms with Crippen LogP contribution in [0.5, 0.6) is 0 Å². The van der Waals surface area contributed by atoms with Crippen molar-refractivity contribution in [2.75, 3.05) is 13.2 Å². The minimum absolute atomic E-state index is 0.0503. The van der Waals surface area contributed by atoms with Crippen molar-refractivity contribution in [3.05, 3.63) is 0 Å². The van der Waals surface area contributed by atoms with E-state index in [1.165, 1.54) is 0 Å². The molecule has 3 N–H and O–H groups in total. The quantitative estimate of drug-likeness (QED) is 0.194. The van der Waals surface area contributed by atoms with E-state index in [0.29, 0.717) is 57.5 Å². The van der Waals surface area contributed by atoms with Crippen LogP contribution in [0.15, 0.2) is 0 Å². The standard InChI is InChI=1S/C18H38.C17H36O.C14H30O.C11H24O/c1-15(2,3)13(16(4,5)6)14(17(7,8)9)18(10,11)12;1-14(2,3)10-17(13-18,11-15(4,5)6)12-16(7,8)9;1-8-14(11-15,9-12(2,3)4)10-13(5,6)7;1-10(2,3)7-9(12)8-11(4,5)6/h13-14H,1-12H3;18H,10-13H2,1-9H3;15H,8-11H2,1-7H3;9,12H,7-8H2,1-6H3. The molecule has 63 heavy (non-hydrogen) atoms. The molecular weight excluding hydrogens is 769 g/mol. The molecule has 0 saturated carbocycles. The minimum atomic E-state index is -0.148. The molecule has 0 aromatic rings. The molecular formula is C60H128O3. The molecule has 0 radical (unpaired) electrons. The highest BCUT2D eigenvalue weighted by molar-refractivity contribution is 4.98. The Morgan fingerprint density at radius 1 is 0.286 bits per heavy atom. The van der Waals surface area contributed by atoms with E-state index in [4.69, 9.17) is 0 Å². The first kappa shape index (κ1) is 69.5. The maximum atomic E-state index is 10.1. The van der Waals surface area contributed by atoms with Crippen molar-refractivity contribution in [2.24, 2.45) is 82.2 Å². The molecule has 386 valence electrons. The van der Waals surface area contributed by atoms with Crippen molar-refractivity contribution in [3.63, 3.8) is 0 Å². The highest BCUT2D eigenvalue weighted by Crippen LogP contribution is 2.56. The third-order valence-corrected chi connectivity index (χ3v) is 11.7. The van der Waals surface area contributed by atoms with Crippen LogP contribution in [0.1, 0.15) is 287 Å². The van der Waals surface area contributed by atoms with Crippen molar-refractivity contribution < 1.29 is 15.3 Å². The van der Waals surface area contributed by atoms with E-state index in [1.807, 2.05) is 0 Å². The minimum Gasteiger partial charge on any atom is -0.396 e. The summed E-state index contributed by atoms with van der Waals surface area (Å²) in [6, 6.07) is 0. The van der Waals surface area contributed by atoms with Gasteiger partial charge in [0.15, 0.2) is 0 Å². The van der Waals surface area contributed by atoms with Crippen molar-refractivity contribution in [3.8, 4) is 0 Å². The maximum Gasteiger partial charge on any atom is 0.0550 e. The van der Waals surface area contributed by atoms with E-state index in [2.05, 4.69) is 235 Å². The second-order valence-electron chi connectivity index (χ2n) is 34.0. The summed E-state index contributed by atoms with van der Waals surface area (Å²) in [5.74, 6) is 1.40. The van der Waals surface area contributed by atoms with Crippen LogP contribution in [0.3, 0.4) is 0 Å². The number of hydrogen-bond acceptors (Lipinski definition) is 3. The fraction of sp³-hybridized carbons (Fsp3) is 1.00. The first-order valence-corrected chi connectivity index (χ1v) is 25.7. The maximum absolute atomic E-state index is 10.1. The Labute approximate surface area is 402 Å². The zero-order valence-electron chi connectivity index (χ0n) is 50.6. The highest BCUT2D eigenvalue weighted by atomic mass is 16.3. The Morgan fingerprint density at radius 2 is 0.460 bits per heavy atom. The average molecular weight is 898 g/mol. The third-order valence-electron chi connectivity index (χ3n) is 11.7. The lowest BCUT2D eigenvalue weighted by molar-refractivity contribution is -0.0658. The first-order valence-electron chi connectivity index (χ1n) is 25.7. The fourth-order valence-corrected chi connectivity index (χ4v) is 12.6. The fourth-order valence-electron chi connectivity index (χ4n) is 12.6. The van der Waals surface area contributed by atoms with Gasteiger partial charge in [0.05, 0.1) is 6.10 Å². The summed E-state index contributed by atoms with van der Waals surface area (Å²) in [5.41, 5.74) is 3.37. The normalized spacial score (nSPS) is 14.9. The van der Waals surface area contributed by atoms with E-state index in [-0.39, 0.29) is 44.0 Å². The Bertz CT molecular complexity index is 1050. The molecule has 0 rings (SSSR count). The van der Waals surface area contributed by atoms with Crippen LogP contribution in [-0.2, 0) is 0 Å². The largest absolute Gasteiger partial charge is 0.396 e. The first-order chi connectivity index (χ1) is 26.8. The van der Waals surface area contributed by atoms with E-state index in [0.717, 1.165) is 51.4 Å². The van der Waals surface area contributed by atoms with Gasteiger partial charge in [-0.1, -0.05) is 235 Å². The lowest BCUT2D eigenvalue weighted by atomic mass is 9.50. The Hall–Kier alpha value is -0.120. The van der Waals surface area contributed by atoms with E-state index in [9.17, 15) is 15.3 Å². The molecule has 0 aromatic heterocycles. The van der Waals surface area contributed by atoms with Gasteiger partial charge in [-0.15, -0.1) is 0 Å². The van der Waals surface area contributed by atoms with E-state index < -0.39 is 0 Å². The van der Waals surface area contributed by atoms with Gasteiger partial charge in [0, 0.05) is 13.2 Å². The Morgan fingerprint density at radius 3 is 0.571 bits per heavy atom. The molecule has 3 nitrogen and oxygen atoms in total. The SMILES string of the molecule is CC(C)(C)C(C(C(C)(C)C)C(C)(C)C)C(C)(C)C.CC(C)(C)CC(CO)(CC(C)(C)C)CC(C)(C)C.CC(C)(C)CC(O)CC(C)(C)C.CCC(CO)(CC(C)(C)C)CC(C)(C)C. The molecule has 0 fully saturated rings. The lowest BCUT2D eigenvalue weighted by Crippen LogP contribution is -2.48. The molecule has 0 amide bonds. The van der Waals surface area contributed by atoms with Gasteiger partial charge in [-0.25, -0.2) is 0 Å². The molecule has 3 heteroatoms. The summed E-state index contributed by atoms with van der Waals surface area (Å²) < 4.78 is 0. The molecule has 0 unspecified atom stereocenters. The van der Waals surface area contributed by atoms with Gasteiger partial charge in [0.1, 0.15) is 0 Å². The van der Waals surface area contributed by atoms with Gasteiger partial charge >= 0.3 is 0 Å². The zero-order chi connectivity index (χ0) is 52.3. The molecule has 0 bridgehead atoms. The van der Waals surface area contributed by atoms with Gasteiger partial charge in [-0.05, 0) is 134 Å². The van der Waals surface area contributed by atoms with Crippen LogP contribution >= 0.6 is 0 Å². The van der Waals surface area contributed by atoms with Crippen LogP contribution in [0, 0.1) is 82.2 Å². The van der Waals surface area contributed by atoms with Crippen molar-refractivity contribution in [1.29, 1.82) is 0 Å². The second kappa shape index (κ2) is 24.4. The predicted molar refractivity (Wildman–Crippen MR) is 289 cm³/mol. The summed E-state index contributed by atoms with van der Waals surface area (Å²) in [7, 11) is 0. The Balaban J connectivity index is -0.000000373. The van der Waals surface area contributed by atoms with Gasteiger partial charge in [0.25, 0.3) is 0 Å². The monoisotopic (exact) mass is 897 g/mol. The summed E-state index contributed by atoms with van der Waals surface area (Å²) in [5, 5.41) is 29.5. The molecule has 0 aliphatic carbocycles. The summed E-state index contributed by atoms with van der Waals surface area (Å²) in [6.07, 6.45) is 8.17. The van der Waals surface area contributed by atoms with Crippen LogP contribution in [0.4, 0.5) is 0 Å². The van der Waals surface area contributed by atoms with Gasteiger partial charge in [0.2, 0.25) is 0 Å². The van der Waals surface area contributed by atoms with Crippen LogP contribution in [-0.4, -0.2) is 34.6 Å². The van der Waals surface area contributed by atoms with E-state index >= 15 is 0 Å².